The number of ether oxygens (including phenoxy) is 1. The maximum absolute atomic E-state index is 12.0. The van der Waals surface area contributed by atoms with Crippen LogP contribution in [0.5, 0.6) is 0 Å². The molecule has 2 aromatic rings. The molecule has 2 rings (SSSR count). The van der Waals surface area contributed by atoms with E-state index in [9.17, 15) is 18.0 Å². The number of aryl methyl sites for hydroxylation is 2. The highest BCUT2D eigenvalue weighted by atomic mass is 32.2. The van der Waals surface area contributed by atoms with Crippen molar-refractivity contribution >= 4 is 33.1 Å². The summed E-state index contributed by atoms with van der Waals surface area (Å²) in [6.07, 6.45) is 0. The number of ketones is 1. The van der Waals surface area contributed by atoms with E-state index in [-0.39, 0.29) is 22.8 Å². The molecule has 0 fully saturated rings. The lowest BCUT2D eigenvalue weighted by Gasteiger charge is -2.05. The van der Waals surface area contributed by atoms with E-state index in [1.54, 1.807) is 6.07 Å². The monoisotopic (exact) mass is 353 g/mol. The van der Waals surface area contributed by atoms with Gasteiger partial charge < -0.3 is 4.74 Å². The molecule has 23 heavy (non-hydrogen) atoms. The Morgan fingerprint density at radius 2 is 1.78 bits per heavy atom. The average molecular weight is 353 g/mol. The van der Waals surface area contributed by atoms with E-state index >= 15 is 0 Å². The van der Waals surface area contributed by atoms with Gasteiger partial charge in [-0.1, -0.05) is 0 Å². The van der Waals surface area contributed by atoms with Crippen LogP contribution in [-0.4, -0.2) is 26.8 Å². The largest absolute Gasteiger partial charge is 0.454 e. The van der Waals surface area contributed by atoms with E-state index in [4.69, 9.17) is 9.88 Å². The second kappa shape index (κ2) is 6.61. The first-order valence-electron chi connectivity index (χ1n) is 6.58. The number of thiophene rings is 1. The van der Waals surface area contributed by atoms with Gasteiger partial charge in [-0.05, 0) is 44.2 Å². The van der Waals surface area contributed by atoms with Crippen LogP contribution in [0.25, 0.3) is 0 Å². The van der Waals surface area contributed by atoms with Crippen LogP contribution in [0.15, 0.2) is 35.2 Å². The average Bonchev–Trinajstić information content (AvgIpc) is 2.82. The van der Waals surface area contributed by atoms with Crippen molar-refractivity contribution in [2.24, 2.45) is 5.14 Å². The summed E-state index contributed by atoms with van der Waals surface area (Å²) in [7, 11) is -3.81. The van der Waals surface area contributed by atoms with Crippen molar-refractivity contribution < 1.29 is 22.7 Å². The summed E-state index contributed by atoms with van der Waals surface area (Å²) in [6, 6.07) is 6.75. The molecule has 0 saturated heterocycles. The molecule has 0 unspecified atom stereocenters. The summed E-state index contributed by atoms with van der Waals surface area (Å²) in [6.45, 7) is 3.36. The zero-order valence-electron chi connectivity index (χ0n) is 12.5. The molecular formula is C15H15NO5S2. The SMILES string of the molecule is Cc1cc(C(=O)COC(=O)c2ccc(S(N)(=O)=O)cc2)c(C)s1. The number of nitrogens with two attached hydrogens (primary N) is 1. The van der Waals surface area contributed by atoms with Gasteiger partial charge in [-0.15, -0.1) is 11.3 Å². The Balaban J connectivity index is 2.02. The minimum atomic E-state index is -3.81. The van der Waals surface area contributed by atoms with Crippen molar-refractivity contribution in [3.05, 3.63) is 51.2 Å². The Morgan fingerprint density at radius 1 is 1.17 bits per heavy atom. The van der Waals surface area contributed by atoms with Gasteiger partial charge in [0.25, 0.3) is 0 Å². The van der Waals surface area contributed by atoms with Gasteiger partial charge in [0.1, 0.15) is 0 Å². The van der Waals surface area contributed by atoms with Gasteiger partial charge >= 0.3 is 5.97 Å². The first-order chi connectivity index (χ1) is 10.7. The number of carbonyl (C=O) groups excluding carboxylic acids is 2. The second-order valence-electron chi connectivity index (χ2n) is 4.90. The quantitative estimate of drug-likeness (QED) is 0.654. The Labute approximate surface area is 137 Å². The molecule has 0 atom stereocenters. The Hall–Kier alpha value is -2.03. The molecule has 0 radical (unpaired) electrons. The fourth-order valence-electron chi connectivity index (χ4n) is 1.98. The summed E-state index contributed by atoms with van der Waals surface area (Å²) in [5.41, 5.74) is 0.688. The van der Waals surface area contributed by atoms with E-state index in [0.29, 0.717) is 5.56 Å². The number of benzene rings is 1. The highest BCUT2D eigenvalue weighted by Crippen LogP contribution is 2.21. The van der Waals surface area contributed by atoms with Gasteiger partial charge in [0.15, 0.2) is 6.61 Å². The third-order valence-electron chi connectivity index (χ3n) is 3.09. The maximum atomic E-state index is 12.0. The smallest absolute Gasteiger partial charge is 0.338 e. The molecular weight excluding hydrogens is 338 g/mol. The number of rotatable bonds is 5. The van der Waals surface area contributed by atoms with Crippen LogP contribution in [0.2, 0.25) is 0 Å². The van der Waals surface area contributed by atoms with E-state index in [1.807, 2.05) is 13.8 Å². The van der Waals surface area contributed by atoms with Crippen LogP contribution < -0.4 is 5.14 Å². The third-order valence-corrected chi connectivity index (χ3v) is 4.99. The van der Waals surface area contributed by atoms with E-state index in [0.717, 1.165) is 9.75 Å². The molecule has 0 amide bonds. The van der Waals surface area contributed by atoms with Gasteiger partial charge in [-0.3, -0.25) is 4.79 Å². The summed E-state index contributed by atoms with van der Waals surface area (Å²) < 4.78 is 27.2. The molecule has 1 heterocycles. The number of carbonyl (C=O) groups is 2. The molecule has 1 aromatic carbocycles. The van der Waals surface area contributed by atoms with Crippen molar-refractivity contribution in [1.29, 1.82) is 0 Å². The summed E-state index contributed by atoms with van der Waals surface area (Å²) in [4.78, 5) is 25.7. The number of hydrogen-bond acceptors (Lipinski definition) is 6. The lowest BCUT2D eigenvalue weighted by molar-refractivity contribution is 0.0474. The molecule has 2 N–H and O–H groups in total. The van der Waals surface area contributed by atoms with Crippen LogP contribution in [0.4, 0.5) is 0 Å². The molecule has 0 saturated carbocycles. The van der Waals surface area contributed by atoms with Crippen LogP contribution >= 0.6 is 11.3 Å². The normalized spacial score (nSPS) is 11.3. The number of hydrogen-bond donors (Lipinski definition) is 1. The van der Waals surface area contributed by atoms with Crippen molar-refractivity contribution in [3.63, 3.8) is 0 Å². The Morgan fingerprint density at radius 3 is 2.26 bits per heavy atom. The fourth-order valence-corrected chi connectivity index (χ4v) is 3.44. The van der Waals surface area contributed by atoms with Crippen molar-refractivity contribution in [1.82, 2.24) is 0 Å². The lowest BCUT2D eigenvalue weighted by atomic mass is 10.2. The predicted molar refractivity (Wildman–Crippen MR) is 86.2 cm³/mol. The summed E-state index contributed by atoms with van der Waals surface area (Å²) >= 11 is 1.50. The number of primary sulfonamides is 1. The van der Waals surface area contributed by atoms with E-state index in [1.165, 1.54) is 35.6 Å². The van der Waals surface area contributed by atoms with Crippen LogP contribution in [0.3, 0.4) is 0 Å². The molecule has 0 aliphatic heterocycles. The molecule has 0 spiro atoms. The van der Waals surface area contributed by atoms with Gasteiger partial charge in [0, 0.05) is 15.3 Å². The molecule has 1 aromatic heterocycles. The third kappa shape index (κ3) is 4.25. The van der Waals surface area contributed by atoms with Gasteiger partial charge in [-0.2, -0.15) is 0 Å². The highest BCUT2D eigenvalue weighted by molar-refractivity contribution is 7.89. The number of Topliss-reactive ketones (excluding diaryl/α,β-unsaturated/α-hetero) is 1. The Kier molecular flexibility index (Phi) is 4.98. The zero-order chi connectivity index (χ0) is 17.2. The predicted octanol–water partition coefficient (Wildman–Crippen LogP) is 2.05. The maximum Gasteiger partial charge on any atom is 0.338 e. The first kappa shape index (κ1) is 17.3. The van der Waals surface area contributed by atoms with E-state index < -0.39 is 16.0 Å². The number of esters is 1. The highest BCUT2D eigenvalue weighted by Gasteiger charge is 2.16. The second-order valence-corrected chi connectivity index (χ2v) is 7.92. The van der Waals surface area contributed by atoms with Gasteiger partial charge in [-0.25, -0.2) is 18.4 Å². The van der Waals surface area contributed by atoms with E-state index in [2.05, 4.69) is 0 Å². The first-order valence-corrected chi connectivity index (χ1v) is 8.95. The molecule has 8 heteroatoms. The topological polar surface area (TPSA) is 104 Å². The van der Waals surface area contributed by atoms with Crippen LogP contribution in [0, 0.1) is 13.8 Å². The van der Waals surface area contributed by atoms with Crippen molar-refractivity contribution in [2.45, 2.75) is 18.7 Å². The van der Waals surface area contributed by atoms with Gasteiger partial charge in [0.05, 0.1) is 10.5 Å². The van der Waals surface area contributed by atoms with Gasteiger partial charge in [0.2, 0.25) is 15.8 Å². The Bertz CT molecular complexity index is 850. The lowest BCUT2D eigenvalue weighted by Crippen LogP contribution is -2.15. The minimum absolute atomic E-state index is 0.102. The molecule has 0 bridgehead atoms. The zero-order valence-corrected chi connectivity index (χ0v) is 14.2. The number of sulfonamides is 1. The molecule has 0 aliphatic rings. The molecule has 6 nitrogen and oxygen atoms in total. The standard InChI is InChI=1S/C15H15NO5S2/c1-9-7-13(10(2)22-9)14(17)8-21-15(18)11-3-5-12(6-4-11)23(16,19)20/h3-7H,8H2,1-2H3,(H2,16,19,20). The van der Waals surface area contributed by atoms with Crippen LogP contribution in [0.1, 0.15) is 30.5 Å². The van der Waals surface area contributed by atoms with Crippen molar-refractivity contribution in [3.8, 4) is 0 Å². The summed E-state index contributed by atoms with van der Waals surface area (Å²) in [5, 5.41) is 4.97. The fraction of sp³-hybridized carbons (Fsp3) is 0.200. The summed E-state index contributed by atoms with van der Waals surface area (Å²) in [5.74, 6) is -0.981. The van der Waals surface area contributed by atoms with Crippen LogP contribution in [-0.2, 0) is 14.8 Å². The van der Waals surface area contributed by atoms with Crippen molar-refractivity contribution in [2.75, 3.05) is 6.61 Å². The minimum Gasteiger partial charge on any atom is -0.454 e. The molecule has 0 aliphatic carbocycles. The molecule has 122 valence electrons.